The van der Waals surface area contributed by atoms with Crippen molar-refractivity contribution < 1.29 is 19.6 Å². The first kappa shape index (κ1) is 22.1. The number of aromatic nitrogens is 1. The first-order chi connectivity index (χ1) is 15.4. The van der Waals surface area contributed by atoms with Crippen LogP contribution < -0.4 is 5.32 Å². The predicted molar refractivity (Wildman–Crippen MR) is 126 cm³/mol. The van der Waals surface area contributed by atoms with Crippen molar-refractivity contribution in [1.82, 2.24) is 4.98 Å². The van der Waals surface area contributed by atoms with Crippen molar-refractivity contribution in [2.24, 2.45) is 17.8 Å². The lowest BCUT2D eigenvalue weighted by molar-refractivity contribution is -0.116. The molecule has 8 heteroatoms. The van der Waals surface area contributed by atoms with E-state index >= 15 is 0 Å². The van der Waals surface area contributed by atoms with Gasteiger partial charge in [-0.3, -0.25) is 4.79 Å². The standard InChI is InChI=1S/C24H31BN2O4S/c1-14-12-26-23(32-14)27-20(28)10-8-16-13-31-24(2)11-19(25(29)30)21-17-6-4-3-5-15(17)7-9-18(21)22(16)24/h3-6,12,16,18-19,21-22,29-30H,7-11,13H2,1-2H3,(H,26,27,28)/t16-,18?,19?,21?,22?,24-/m0/s1. The number of benzene rings is 1. The number of rotatable bonds is 5. The largest absolute Gasteiger partial charge is 0.455 e. The number of thiazole rings is 1. The number of carbonyl (C=O) groups excluding carboxylic acids is 1. The van der Waals surface area contributed by atoms with Crippen LogP contribution in [0.4, 0.5) is 5.13 Å². The van der Waals surface area contributed by atoms with E-state index in [1.54, 1.807) is 6.20 Å². The summed E-state index contributed by atoms with van der Waals surface area (Å²) in [6.45, 7) is 4.74. The summed E-state index contributed by atoms with van der Waals surface area (Å²) in [4.78, 5) is 17.9. The number of ether oxygens (including phenoxy) is 1. The molecule has 1 saturated carbocycles. The average molecular weight is 454 g/mol. The monoisotopic (exact) mass is 454 g/mol. The molecule has 1 aromatic carbocycles. The predicted octanol–water partition coefficient (Wildman–Crippen LogP) is 3.78. The van der Waals surface area contributed by atoms with Crippen molar-refractivity contribution in [2.45, 2.75) is 63.3 Å². The van der Waals surface area contributed by atoms with Crippen molar-refractivity contribution in [1.29, 1.82) is 0 Å². The third-order valence-electron chi connectivity index (χ3n) is 8.02. The lowest BCUT2D eigenvalue weighted by Crippen LogP contribution is -2.51. The Morgan fingerprint density at radius 1 is 1.38 bits per heavy atom. The second-order valence-electron chi connectivity index (χ2n) is 9.98. The molecule has 6 nitrogen and oxygen atoms in total. The highest BCUT2D eigenvalue weighted by Crippen LogP contribution is 2.62. The normalized spacial score (nSPS) is 33.2. The molecule has 0 radical (unpaired) electrons. The van der Waals surface area contributed by atoms with Crippen molar-refractivity contribution in [2.75, 3.05) is 11.9 Å². The topological polar surface area (TPSA) is 91.7 Å². The molecule has 3 N–H and O–H groups in total. The summed E-state index contributed by atoms with van der Waals surface area (Å²) in [5.41, 5.74) is 2.22. The second kappa shape index (κ2) is 8.56. The van der Waals surface area contributed by atoms with Crippen LogP contribution in [0.2, 0.25) is 5.82 Å². The Hall–Kier alpha value is -1.74. The lowest BCUT2D eigenvalue weighted by atomic mass is 9.46. The van der Waals surface area contributed by atoms with Gasteiger partial charge in [0.05, 0.1) is 12.2 Å². The SMILES string of the molecule is Cc1cnc(NC(=O)CC[C@H]2CO[C@@]3(C)CC(B(O)O)C4c5ccccc5CCC4C23)s1. The summed E-state index contributed by atoms with van der Waals surface area (Å²) in [6, 6.07) is 8.47. The number of amides is 1. The lowest BCUT2D eigenvalue weighted by Gasteiger charge is -2.53. The van der Waals surface area contributed by atoms with Gasteiger partial charge in [-0.2, -0.15) is 0 Å². The number of nitrogens with one attached hydrogen (secondary N) is 1. The van der Waals surface area contributed by atoms with E-state index in [2.05, 4.69) is 41.5 Å². The van der Waals surface area contributed by atoms with E-state index in [-0.39, 0.29) is 23.2 Å². The van der Waals surface area contributed by atoms with E-state index in [4.69, 9.17) is 4.74 Å². The highest BCUT2D eigenvalue weighted by Gasteiger charge is 2.60. The molecule has 5 rings (SSSR count). The summed E-state index contributed by atoms with van der Waals surface area (Å²) < 4.78 is 6.36. The van der Waals surface area contributed by atoms with Gasteiger partial charge >= 0.3 is 7.12 Å². The Bertz CT molecular complexity index is 998. The van der Waals surface area contributed by atoms with Crippen LogP contribution in [-0.2, 0) is 16.0 Å². The van der Waals surface area contributed by atoms with E-state index in [0.717, 1.165) is 24.1 Å². The quantitative estimate of drug-likeness (QED) is 0.598. The highest BCUT2D eigenvalue weighted by molar-refractivity contribution is 7.15. The van der Waals surface area contributed by atoms with E-state index in [1.807, 2.05) is 6.92 Å². The molecule has 1 saturated heterocycles. The first-order valence-corrected chi connectivity index (χ1v) is 12.5. The van der Waals surface area contributed by atoms with Gasteiger partial charge in [-0.05, 0) is 74.3 Å². The number of anilines is 1. The third-order valence-corrected chi connectivity index (χ3v) is 8.85. The minimum Gasteiger partial charge on any atom is -0.427 e. The molecule has 2 fully saturated rings. The van der Waals surface area contributed by atoms with Gasteiger partial charge in [0.1, 0.15) is 0 Å². The molecule has 2 aliphatic carbocycles. The smallest absolute Gasteiger partial charge is 0.427 e. The van der Waals surface area contributed by atoms with Crippen LogP contribution in [0.3, 0.4) is 0 Å². The van der Waals surface area contributed by atoms with Crippen LogP contribution >= 0.6 is 11.3 Å². The van der Waals surface area contributed by atoms with E-state index in [1.165, 1.54) is 22.5 Å². The van der Waals surface area contributed by atoms with Crippen LogP contribution in [0.5, 0.6) is 0 Å². The Morgan fingerprint density at radius 2 is 2.19 bits per heavy atom. The highest BCUT2D eigenvalue weighted by atomic mass is 32.1. The molecule has 2 aromatic rings. The zero-order valence-electron chi connectivity index (χ0n) is 18.7. The Morgan fingerprint density at radius 3 is 2.94 bits per heavy atom. The first-order valence-electron chi connectivity index (χ1n) is 11.7. The van der Waals surface area contributed by atoms with Gasteiger partial charge in [0.15, 0.2) is 5.13 Å². The summed E-state index contributed by atoms with van der Waals surface area (Å²) in [5, 5.41) is 24.2. The molecule has 2 heterocycles. The molecule has 0 spiro atoms. The van der Waals surface area contributed by atoms with Crippen LogP contribution in [0, 0.1) is 24.7 Å². The molecule has 1 aliphatic heterocycles. The zero-order chi connectivity index (χ0) is 22.5. The van der Waals surface area contributed by atoms with Crippen LogP contribution in [-0.4, -0.2) is 40.3 Å². The second-order valence-corrected chi connectivity index (χ2v) is 11.2. The van der Waals surface area contributed by atoms with E-state index in [0.29, 0.717) is 42.3 Å². The van der Waals surface area contributed by atoms with Crippen LogP contribution in [0.15, 0.2) is 30.5 Å². The average Bonchev–Trinajstić information content (AvgIpc) is 3.33. The summed E-state index contributed by atoms with van der Waals surface area (Å²) >= 11 is 1.49. The zero-order valence-corrected chi connectivity index (χ0v) is 19.5. The van der Waals surface area contributed by atoms with E-state index < -0.39 is 7.12 Å². The minimum atomic E-state index is -1.36. The van der Waals surface area contributed by atoms with Gasteiger partial charge in [0.2, 0.25) is 5.91 Å². The molecular weight excluding hydrogens is 423 g/mol. The molecule has 0 bridgehead atoms. The Balaban J connectivity index is 1.35. The van der Waals surface area contributed by atoms with Crippen molar-refractivity contribution in [3.63, 3.8) is 0 Å². The van der Waals surface area contributed by atoms with Gasteiger partial charge in [-0.25, -0.2) is 4.98 Å². The van der Waals surface area contributed by atoms with Crippen LogP contribution in [0.25, 0.3) is 0 Å². The molecular formula is C24H31BN2O4S. The number of fused-ring (bicyclic) bond motifs is 5. The van der Waals surface area contributed by atoms with E-state index in [9.17, 15) is 14.8 Å². The fourth-order valence-corrected chi connectivity index (χ4v) is 7.50. The molecule has 1 aromatic heterocycles. The summed E-state index contributed by atoms with van der Waals surface area (Å²) in [7, 11) is -1.36. The van der Waals surface area contributed by atoms with Crippen LogP contribution in [0.1, 0.15) is 54.5 Å². The molecule has 1 amide bonds. The number of nitrogens with zero attached hydrogens (tertiary/aromatic N) is 1. The number of carbonyl (C=O) groups is 1. The maximum atomic E-state index is 12.6. The fourth-order valence-electron chi connectivity index (χ4n) is 6.82. The van der Waals surface area contributed by atoms with Crippen molar-refractivity contribution in [3.8, 4) is 0 Å². The van der Waals surface area contributed by atoms with Gasteiger partial charge < -0.3 is 20.1 Å². The van der Waals surface area contributed by atoms with Crippen molar-refractivity contribution in [3.05, 3.63) is 46.5 Å². The van der Waals surface area contributed by atoms with Gasteiger partial charge in [0, 0.05) is 23.3 Å². The fraction of sp³-hybridized carbons (Fsp3) is 0.583. The van der Waals surface area contributed by atoms with Gasteiger partial charge in [0.25, 0.3) is 0 Å². The molecule has 3 aliphatic rings. The Labute approximate surface area is 193 Å². The maximum absolute atomic E-state index is 12.6. The molecule has 32 heavy (non-hydrogen) atoms. The minimum absolute atomic E-state index is 0.00189. The maximum Gasteiger partial charge on any atom is 0.455 e. The van der Waals surface area contributed by atoms with Gasteiger partial charge in [-0.1, -0.05) is 24.3 Å². The number of hydrogen-bond acceptors (Lipinski definition) is 6. The Kier molecular flexibility index (Phi) is 5.90. The molecule has 170 valence electrons. The number of hydrogen-bond donors (Lipinski definition) is 3. The summed E-state index contributed by atoms with van der Waals surface area (Å²) in [6.07, 6.45) is 5.65. The van der Waals surface area contributed by atoms with Crippen molar-refractivity contribution >= 4 is 29.5 Å². The number of aryl methyl sites for hydroxylation is 2. The van der Waals surface area contributed by atoms with Gasteiger partial charge in [-0.15, -0.1) is 11.3 Å². The summed E-state index contributed by atoms with van der Waals surface area (Å²) in [5.74, 6) is 0.807. The third kappa shape index (κ3) is 3.91. The molecule has 6 atom stereocenters. The molecule has 4 unspecified atom stereocenters.